The fraction of sp³-hybridized carbons (Fsp3) is 0.538. The van der Waals surface area contributed by atoms with Crippen LogP contribution in [0.5, 0.6) is 0 Å². The third-order valence-electron chi connectivity index (χ3n) is 2.46. The topological polar surface area (TPSA) is 15.3 Å². The molecule has 1 aromatic rings. The van der Waals surface area contributed by atoms with Gasteiger partial charge >= 0.3 is 0 Å². The number of likely N-dealkylation sites (N-methyl/N-ethyl adjacent to an activating group) is 1. The zero-order valence-electron chi connectivity index (χ0n) is 10.1. The lowest BCUT2D eigenvalue weighted by Crippen LogP contribution is -2.26. The molecule has 0 saturated carbocycles. The molecule has 1 aromatic carbocycles. The van der Waals surface area contributed by atoms with Crippen molar-refractivity contribution < 1.29 is 0 Å². The van der Waals surface area contributed by atoms with Gasteiger partial charge in [0.2, 0.25) is 0 Å². The van der Waals surface area contributed by atoms with Crippen LogP contribution in [0.25, 0.3) is 0 Å². The predicted molar refractivity (Wildman–Crippen MR) is 66.1 cm³/mol. The van der Waals surface area contributed by atoms with E-state index in [1.807, 2.05) is 0 Å². The summed E-state index contributed by atoms with van der Waals surface area (Å²) in [7, 11) is 4.19. The molecule has 1 rings (SSSR count). The van der Waals surface area contributed by atoms with E-state index >= 15 is 0 Å². The first-order valence-corrected chi connectivity index (χ1v) is 5.65. The van der Waals surface area contributed by atoms with Crippen LogP contribution in [-0.2, 0) is 13.0 Å². The molecular formula is C13H22N2. The summed E-state index contributed by atoms with van der Waals surface area (Å²) in [5.41, 5.74) is 2.80. The summed E-state index contributed by atoms with van der Waals surface area (Å²) in [6.45, 7) is 5.30. The molecule has 0 atom stereocenters. The van der Waals surface area contributed by atoms with Crippen molar-refractivity contribution in [3.05, 3.63) is 35.4 Å². The van der Waals surface area contributed by atoms with Gasteiger partial charge < -0.3 is 10.2 Å². The fourth-order valence-corrected chi connectivity index (χ4v) is 1.49. The molecule has 0 radical (unpaired) electrons. The van der Waals surface area contributed by atoms with Crippen LogP contribution >= 0.6 is 0 Å². The van der Waals surface area contributed by atoms with Crippen molar-refractivity contribution in [2.24, 2.45) is 0 Å². The molecule has 1 N–H and O–H groups in total. The number of nitrogens with zero attached hydrogens (tertiary/aromatic N) is 1. The van der Waals surface area contributed by atoms with E-state index in [1.54, 1.807) is 0 Å². The molecule has 84 valence electrons. The Kier molecular flexibility index (Phi) is 5.37. The molecule has 0 heterocycles. The third kappa shape index (κ3) is 4.96. The van der Waals surface area contributed by atoms with Gasteiger partial charge in [-0.1, -0.05) is 31.2 Å². The molecule has 2 nitrogen and oxygen atoms in total. The minimum atomic E-state index is 0.974. The van der Waals surface area contributed by atoms with Crippen molar-refractivity contribution in [2.75, 3.05) is 27.2 Å². The van der Waals surface area contributed by atoms with Crippen LogP contribution in [0, 0.1) is 0 Å². The third-order valence-corrected chi connectivity index (χ3v) is 2.46. The normalized spacial score (nSPS) is 10.9. The van der Waals surface area contributed by atoms with Crippen molar-refractivity contribution in [2.45, 2.75) is 19.9 Å². The first-order valence-electron chi connectivity index (χ1n) is 5.65. The second kappa shape index (κ2) is 6.59. The molecule has 0 aromatic heterocycles. The lowest BCUT2D eigenvalue weighted by atomic mass is 10.1. The van der Waals surface area contributed by atoms with Gasteiger partial charge in [0.15, 0.2) is 0 Å². The summed E-state index contributed by atoms with van der Waals surface area (Å²) in [5, 5.41) is 3.44. The van der Waals surface area contributed by atoms with Crippen molar-refractivity contribution >= 4 is 0 Å². The molecule has 0 spiro atoms. The Morgan fingerprint density at radius 2 is 1.93 bits per heavy atom. The van der Waals surface area contributed by atoms with Gasteiger partial charge in [-0.3, -0.25) is 0 Å². The minimum Gasteiger partial charge on any atom is -0.311 e. The van der Waals surface area contributed by atoms with Crippen LogP contribution < -0.4 is 5.32 Å². The second-order valence-electron chi connectivity index (χ2n) is 4.15. The highest BCUT2D eigenvalue weighted by atomic mass is 15.1. The van der Waals surface area contributed by atoms with Gasteiger partial charge in [0.25, 0.3) is 0 Å². The monoisotopic (exact) mass is 206 g/mol. The average Bonchev–Trinajstić information content (AvgIpc) is 2.24. The summed E-state index contributed by atoms with van der Waals surface area (Å²) in [6, 6.07) is 8.79. The van der Waals surface area contributed by atoms with Gasteiger partial charge in [-0.25, -0.2) is 0 Å². The molecule has 0 unspecified atom stereocenters. The minimum absolute atomic E-state index is 0.974. The molecule has 15 heavy (non-hydrogen) atoms. The highest BCUT2D eigenvalue weighted by Gasteiger charge is 1.94. The van der Waals surface area contributed by atoms with E-state index in [4.69, 9.17) is 0 Å². The number of hydrogen-bond acceptors (Lipinski definition) is 2. The van der Waals surface area contributed by atoms with Gasteiger partial charge in [-0.15, -0.1) is 0 Å². The standard InChI is InChI=1S/C13H22N2/c1-4-12-6-5-7-13(10-12)11-14-8-9-15(2)3/h5-7,10,14H,4,8-9,11H2,1-3H3. The largest absolute Gasteiger partial charge is 0.311 e. The molecule has 0 fully saturated rings. The number of hydrogen-bond donors (Lipinski definition) is 1. The maximum Gasteiger partial charge on any atom is 0.0206 e. The fourth-order valence-electron chi connectivity index (χ4n) is 1.49. The van der Waals surface area contributed by atoms with Crippen LogP contribution in [0.4, 0.5) is 0 Å². The number of nitrogens with one attached hydrogen (secondary N) is 1. The first-order chi connectivity index (χ1) is 7.22. The van der Waals surface area contributed by atoms with Gasteiger partial charge in [-0.2, -0.15) is 0 Å². The summed E-state index contributed by atoms with van der Waals surface area (Å²) in [4.78, 5) is 2.19. The molecule has 0 saturated heterocycles. The van der Waals surface area contributed by atoms with E-state index in [2.05, 4.69) is 55.5 Å². The number of rotatable bonds is 6. The van der Waals surface area contributed by atoms with Crippen LogP contribution in [0.3, 0.4) is 0 Å². The molecular weight excluding hydrogens is 184 g/mol. The smallest absolute Gasteiger partial charge is 0.0206 e. The molecule has 0 aliphatic carbocycles. The molecule has 0 amide bonds. The van der Waals surface area contributed by atoms with Crippen molar-refractivity contribution in [1.82, 2.24) is 10.2 Å². The van der Waals surface area contributed by atoms with Gasteiger partial charge in [0, 0.05) is 19.6 Å². The highest BCUT2D eigenvalue weighted by molar-refractivity contribution is 5.23. The lowest BCUT2D eigenvalue weighted by Gasteiger charge is -2.10. The van der Waals surface area contributed by atoms with E-state index in [-0.39, 0.29) is 0 Å². The summed E-state index contributed by atoms with van der Waals surface area (Å²) >= 11 is 0. The average molecular weight is 206 g/mol. The Bertz CT molecular complexity index is 282. The van der Waals surface area contributed by atoms with Crippen molar-refractivity contribution in [3.8, 4) is 0 Å². The van der Waals surface area contributed by atoms with Crippen molar-refractivity contribution in [3.63, 3.8) is 0 Å². The van der Waals surface area contributed by atoms with Gasteiger partial charge in [0.05, 0.1) is 0 Å². The molecule has 0 aliphatic heterocycles. The predicted octanol–water partition coefficient (Wildman–Crippen LogP) is 1.90. The van der Waals surface area contributed by atoms with E-state index in [1.165, 1.54) is 11.1 Å². The second-order valence-corrected chi connectivity index (χ2v) is 4.15. The number of benzene rings is 1. The maximum absolute atomic E-state index is 3.44. The SMILES string of the molecule is CCc1cccc(CNCCN(C)C)c1. The molecule has 0 aliphatic rings. The summed E-state index contributed by atoms with van der Waals surface area (Å²) < 4.78 is 0. The Morgan fingerprint density at radius 3 is 2.60 bits per heavy atom. The van der Waals surface area contributed by atoms with E-state index in [0.29, 0.717) is 0 Å². The zero-order chi connectivity index (χ0) is 11.1. The van der Waals surface area contributed by atoms with Crippen molar-refractivity contribution in [1.29, 1.82) is 0 Å². The molecule has 0 bridgehead atoms. The van der Waals surface area contributed by atoms with Crippen LogP contribution in [0.2, 0.25) is 0 Å². The van der Waals surface area contributed by atoms with Crippen LogP contribution in [-0.4, -0.2) is 32.1 Å². The van der Waals surface area contributed by atoms with E-state index in [0.717, 1.165) is 26.1 Å². The van der Waals surface area contributed by atoms with E-state index in [9.17, 15) is 0 Å². The van der Waals surface area contributed by atoms with Gasteiger partial charge in [0.1, 0.15) is 0 Å². The molecule has 2 heteroatoms. The van der Waals surface area contributed by atoms with Crippen LogP contribution in [0.1, 0.15) is 18.1 Å². The van der Waals surface area contributed by atoms with Crippen LogP contribution in [0.15, 0.2) is 24.3 Å². The Balaban J connectivity index is 2.30. The maximum atomic E-state index is 3.44. The Labute approximate surface area is 93.3 Å². The Hall–Kier alpha value is -0.860. The zero-order valence-corrected chi connectivity index (χ0v) is 10.1. The summed E-state index contributed by atoms with van der Waals surface area (Å²) in [5.74, 6) is 0. The van der Waals surface area contributed by atoms with Gasteiger partial charge in [-0.05, 0) is 31.6 Å². The Morgan fingerprint density at radius 1 is 1.20 bits per heavy atom. The number of aryl methyl sites for hydroxylation is 1. The quantitative estimate of drug-likeness (QED) is 0.715. The first kappa shape index (κ1) is 12.2. The highest BCUT2D eigenvalue weighted by Crippen LogP contribution is 2.05. The summed E-state index contributed by atoms with van der Waals surface area (Å²) in [6.07, 6.45) is 1.12. The lowest BCUT2D eigenvalue weighted by molar-refractivity contribution is 0.400. The van der Waals surface area contributed by atoms with E-state index < -0.39 is 0 Å².